The lowest BCUT2D eigenvalue weighted by Crippen LogP contribution is -2.20. The standard InChI is InChI=1S/C24H18N2O4S/c27-23-17-9-5-4-6-15(17)12-19(26-23)24(28)25-18-13-20-21(30-11-10-29-20)14-22(18)31-16-7-2-1-3-8-16/h1-9,12-14H,10-11H2,(H,25,28)(H,26,27). The van der Waals surface area contributed by atoms with Crippen molar-refractivity contribution in [1.82, 2.24) is 4.98 Å². The van der Waals surface area contributed by atoms with E-state index in [2.05, 4.69) is 10.3 Å². The Bertz CT molecular complexity index is 1330. The minimum absolute atomic E-state index is 0.189. The van der Waals surface area contributed by atoms with Crippen LogP contribution in [0.4, 0.5) is 5.69 Å². The summed E-state index contributed by atoms with van der Waals surface area (Å²) in [6.07, 6.45) is 0. The van der Waals surface area contributed by atoms with E-state index in [9.17, 15) is 9.59 Å². The van der Waals surface area contributed by atoms with Gasteiger partial charge in [-0.15, -0.1) is 0 Å². The van der Waals surface area contributed by atoms with Gasteiger partial charge in [0, 0.05) is 27.3 Å². The minimum atomic E-state index is -0.408. The summed E-state index contributed by atoms with van der Waals surface area (Å²) in [5.74, 6) is 0.808. The molecule has 4 aromatic rings. The molecule has 2 heterocycles. The molecule has 0 atom stereocenters. The topological polar surface area (TPSA) is 80.4 Å². The summed E-state index contributed by atoms with van der Waals surface area (Å²) in [7, 11) is 0. The Balaban J connectivity index is 1.51. The Kier molecular flexibility index (Phi) is 5.09. The first kappa shape index (κ1) is 19.3. The molecular formula is C24H18N2O4S. The molecular weight excluding hydrogens is 412 g/mol. The molecule has 1 aliphatic rings. The monoisotopic (exact) mass is 430 g/mol. The third-order valence-electron chi connectivity index (χ3n) is 4.86. The first-order valence-electron chi connectivity index (χ1n) is 9.77. The molecule has 0 bridgehead atoms. The number of benzene rings is 3. The van der Waals surface area contributed by atoms with E-state index in [4.69, 9.17) is 9.47 Å². The fraction of sp³-hybridized carbons (Fsp3) is 0.0833. The lowest BCUT2D eigenvalue weighted by atomic mass is 10.1. The molecule has 2 N–H and O–H groups in total. The first-order valence-corrected chi connectivity index (χ1v) is 10.6. The van der Waals surface area contributed by atoms with E-state index in [0.29, 0.717) is 41.2 Å². The highest BCUT2D eigenvalue weighted by molar-refractivity contribution is 7.99. The maximum atomic E-state index is 13.0. The number of pyridine rings is 1. The van der Waals surface area contributed by atoms with Crippen molar-refractivity contribution in [3.63, 3.8) is 0 Å². The van der Waals surface area contributed by atoms with Crippen molar-refractivity contribution in [3.05, 3.63) is 88.8 Å². The van der Waals surface area contributed by atoms with Gasteiger partial charge in [-0.3, -0.25) is 9.59 Å². The van der Waals surface area contributed by atoms with E-state index in [-0.39, 0.29) is 11.3 Å². The summed E-state index contributed by atoms with van der Waals surface area (Å²) >= 11 is 1.51. The molecule has 7 heteroatoms. The normalized spacial score (nSPS) is 12.5. The van der Waals surface area contributed by atoms with E-state index in [0.717, 1.165) is 9.79 Å². The molecule has 31 heavy (non-hydrogen) atoms. The van der Waals surface area contributed by atoms with Gasteiger partial charge in [-0.2, -0.15) is 0 Å². The van der Waals surface area contributed by atoms with Crippen molar-refractivity contribution in [1.29, 1.82) is 0 Å². The van der Waals surface area contributed by atoms with Crippen molar-refractivity contribution in [2.75, 3.05) is 18.5 Å². The second-order valence-electron chi connectivity index (χ2n) is 6.96. The Hall–Kier alpha value is -3.71. The number of H-pyrrole nitrogens is 1. The molecule has 154 valence electrons. The van der Waals surface area contributed by atoms with Crippen molar-refractivity contribution in [2.24, 2.45) is 0 Å². The summed E-state index contributed by atoms with van der Waals surface area (Å²) in [5.41, 5.74) is 0.468. The van der Waals surface area contributed by atoms with E-state index in [1.54, 1.807) is 24.3 Å². The maximum Gasteiger partial charge on any atom is 0.272 e. The maximum absolute atomic E-state index is 13.0. The van der Waals surface area contributed by atoms with Crippen LogP contribution in [0.5, 0.6) is 11.5 Å². The molecule has 0 unspecified atom stereocenters. The lowest BCUT2D eigenvalue weighted by Gasteiger charge is -2.21. The molecule has 0 aliphatic carbocycles. The number of ether oxygens (including phenoxy) is 2. The number of anilines is 1. The lowest BCUT2D eigenvalue weighted by molar-refractivity contribution is 0.102. The third-order valence-corrected chi connectivity index (χ3v) is 5.93. The highest BCUT2D eigenvalue weighted by Crippen LogP contribution is 2.42. The average molecular weight is 430 g/mol. The van der Waals surface area contributed by atoms with Gasteiger partial charge in [-0.1, -0.05) is 48.2 Å². The summed E-state index contributed by atoms with van der Waals surface area (Å²) < 4.78 is 11.4. The number of amides is 1. The molecule has 3 aromatic carbocycles. The molecule has 1 amide bonds. The van der Waals surface area contributed by atoms with E-state index in [1.807, 2.05) is 48.5 Å². The predicted molar refractivity (Wildman–Crippen MR) is 121 cm³/mol. The SMILES string of the molecule is O=C(Nc1cc2c(cc1Sc1ccccc1)OCCO2)c1cc2ccccc2c(=O)[nH]1. The molecule has 0 radical (unpaired) electrons. The van der Waals surface area contributed by atoms with E-state index < -0.39 is 5.91 Å². The van der Waals surface area contributed by atoms with Crippen LogP contribution in [0.1, 0.15) is 10.5 Å². The van der Waals surface area contributed by atoms with E-state index in [1.165, 1.54) is 11.8 Å². The zero-order valence-electron chi connectivity index (χ0n) is 16.4. The van der Waals surface area contributed by atoms with Gasteiger partial charge < -0.3 is 19.8 Å². The van der Waals surface area contributed by atoms with Crippen molar-refractivity contribution < 1.29 is 14.3 Å². The number of fused-ring (bicyclic) bond motifs is 2. The fourth-order valence-electron chi connectivity index (χ4n) is 3.39. The van der Waals surface area contributed by atoms with Crippen LogP contribution in [0.2, 0.25) is 0 Å². The quantitative estimate of drug-likeness (QED) is 0.490. The smallest absolute Gasteiger partial charge is 0.272 e. The summed E-state index contributed by atoms with van der Waals surface area (Å²) in [6, 6.07) is 22.3. The summed E-state index contributed by atoms with van der Waals surface area (Å²) in [6.45, 7) is 0.927. The number of hydrogen-bond donors (Lipinski definition) is 2. The third kappa shape index (κ3) is 4.00. The van der Waals surface area contributed by atoms with Crippen LogP contribution in [0.25, 0.3) is 10.8 Å². The van der Waals surface area contributed by atoms with Crippen LogP contribution >= 0.6 is 11.8 Å². The van der Waals surface area contributed by atoms with Gasteiger partial charge in [0.2, 0.25) is 0 Å². The molecule has 0 saturated carbocycles. The molecule has 1 aromatic heterocycles. The second-order valence-corrected chi connectivity index (χ2v) is 8.08. The number of carbonyl (C=O) groups is 1. The van der Waals surface area contributed by atoms with Gasteiger partial charge in [0.1, 0.15) is 18.9 Å². The van der Waals surface area contributed by atoms with Crippen molar-refractivity contribution in [2.45, 2.75) is 9.79 Å². The van der Waals surface area contributed by atoms with E-state index >= 15 is 0 Å². The Morgan fingerprint density at radius 3 is 2.42 bits per heavy atom. The number of nitrogens with one attached hydrogen (secondary N) is 2. The average Bonchev–Trinajstić information content (AvgIpc) is 2.80. The van der Waals surface area contributed by atoms with Gasteiger partial charge in [0.15, 0.2) is 11.5 Å². The molecule has 5 rings (SSSR count). The summed E-state index contributed by atoms with van der Waals surface area (Å²) in [5, 5.41) is 4.17. The largest absolute Gasteiger partial charge is 0.486 e. The van der Waals surface area contributed by atoms with Gasteiger partial charge >= 0.3 is 0 Å². The van der Waals surface area contributed by atoms with Gasteiger partial charge in [-0.25, -0.2) is 0 Å². The van der Waals surface area contributed by atoms with Gasteiger partial charge in [-0.05, 0) is 29.7 Å². The summed E-state index contributed by atoms with van der Waals surface area (Å²) in [4.78, 5) is 29.9. The number of carbonyl (C=O) groups excluding carboxylic acids is 1. The number of hydrogen-bond acceptors (Lipinski definition) is 5. The van der Waals surface area contributed by atoms with Crippen molar-refractivity contribution in [3.8, 4) is 11.5 Å². The van der Waals surface area contributed by atoms with Crippen molar-refractivity contribution >= 4 is 34.1 Å². The Labute approximate surface area is 182 Å². The molecule has 6 nitrogen and oxygen atoms in total. The molecule has 1 aliphatic heterocycles. The van der Waals surface area contributed by atoms with Gasteiger partial charge in [0.05, 0.1) is 5.69 Å². The van der Waals surface area contributed by atoms with Crippen LogP contribution in [-0.2, 0) is 0 Å². The van der Waals surface area contributed by atoms with Crippen LogP contribution in [0, 0.1) is 0 Å². The first-order chi connectivity index (χ1) is 15.2. The highest BCUT2D eigenvalue weighted by atomic mass is 32.2. The van der Waals surface area contributed by atoms with Gasteiger partial charge in [0.25, 0.3) is 11.5 Å². The Morgan fingerprint density at radius 2 is 1.61 bits per heavy atom. The zero-order valence-corrected chi connectivity index (χ0v) is 17.2. The van der Waals surface area contributed by atoms with Crippen LogP contribution < -0.4 is 20.3 Å². The predicted octanol–water partition coefficient (Wildman–Crippen LogP) is 4.70. The highest BCUT2D eigenvalue weighted by Gasteiger charge is 2.19. The number of aromatic amines is 1. The van der Waals surface area contributed by atoms with Crippen LogP contribution in [-0.4, -0.2) is 24.1 Å². The molecule has 0 spiro atoms. The van der Waals surface area contributed by atoms with Crippen LogP contribution in [0.15, 0.2) is 87.4 Å². The zero-order chi connectivity index (χ0) is 21.2. The second kappa shape index (κ2) is 8.20. The Morgan fingerprint density at radius 1 is 0.903 bits per heavy atom. The molecule has 0 saturated heterocycles. The fourth-order valence-corrected chi connectivity index (χ4v) is 4.32. The minimum Gasteiger partial charge on any atom is -0.486 e. The number of rotatable bonds is 4. The molecule has 0 fully saturated rings. The van der Waals surface area contributed by atoms with Crippen LogP contribution in [0.3, 0.4) is 0 Å². The number of aromatic nitrogens is 1.